The molecule has 23 rings (SSSR count). The highest BCUT2D eigenvalue weighted by atomic mass is 16.3. The summed E-state index contributed by atoms with van der Waals surface area (Å²) in [5.74, 6) is 0. The Hall–Kier alpha value is -16.0. The Bertz CT molecular complexity index is 7080. The maximum absolute atomic E-state index is 6.62. The second kappa shape index (κ2) is 30.6. The van der Waals surface area contributed by atoms with E-state index < -0.39 is 5.41 Å². The Morgan fingerprint density at radius 2 is 0.496 bits per heavy atom. The van der Waals surface area contributed by atoms with Crippen LogP contribution in [0.25, 0.3) is 133 Å². The molecular formula is C118H83BN4O2. The SMILES string of the molecule is CC(C)(C)c1cc2c3c(c1)N(c1c(-c4cccc(-c5ccccc5)c4)cccc1-c1cccc(-c4ccccc4)c1)c1cc(N(c4ccccc4)c4ccc5oc6ccccc6c5c4)ccc1B3c1ccc(N(c3ccccc3)c3ccc4oc5ccccc5c4c3)cc1N2c1c(-c2cccc(-c3ccccc3)c2)cccc1-c1cccc(-c2ccccc2)c1. The predicted molar refractivity (Wildman–Crippen MR) is 527 cm³/mol. The Balaban J connectivity index is 0.865. The molecule has 21 aromatic rings. The second-order valence-electron chi connectivity index (χ2n) is 33.9. The minimum absolute atomic E-state index is 0.371. The van der Waals surface area contributed by atoms with Gasteiger partial charge >= 0.3 is 0 Å². The van der Waals surface area contributed by atoms with Crippen LogP contribution in [0.15, 0.2) is 458 Å². The Kier molecular flexibility index (Phi) is 18.2. The van der Waals surface area contributed by atoms with Crippen molar-refractivity contribution in [2.75, 3.05) is 19.6 Å². The molecule has 2 aliphatic heterocycles. The van der Waals surface area contributed by atoms with Crippen LogP contribution in [0.2, 0.25) is 0 Å². The van der Waals surface area contributed by atoms with E-state index in [-0.39, 0.29) is 6.71 Å². The molecule has 0 fully saturated rings. The summed E-state index contributed by atoms with van der Waals surface area (Å²) >= 11 is 0. The highest BCUT2D eigenvalue weighted by Gasteiger charge is 2.47. The number of benzene rings is 19. The predicted octanol–water partition coefficient (Wildman–Crippen LogP) is 31.1. The molecule has 19 aromatic carbocycles. The van der Waals surface area contributed by atoms with Gasteiger partial charge in [0.05, 0.1) is 11.4 Å². The smallest absolute Gasteiger partial charge is 0.252 e. The number of hydrogen-bond acceptors (Lipinski definition) is 6. The molecule has 125 heavy (non-hydrogen) atoms. The Labute approximate surface area is 728 Å². The van der Waals surface area contributed by atoms with Gasteiger partial charge in [-0.25, -0.2) is 0 Å². The van der Waals surface area contributed by atoms with Crippen LogP contribution in [-0.4, -0.2) is 6.71 Å². The van der Waals surface area contributed by atoms with Gasteiger partial charge in [0.2, 0.25) is 0 Å². The first-order valence-electron chi connectivity index (χ1n) is 43.1. The van der Waals surface area contributed by atoms with Gasteiger partial charge in [-0.05, 0) is 228 Å². The molecule has 0 saturated carbocycles. The number of hydrogen-bond donors (Lipinski definition) is 0. The molecule has 0 atom stereocenters. The molecule has 0 N–H and O–H groups in total. The summed E-state index contributed by atoms with van der Waals surface area (Å²) in [4.78, 5) is 10.3. The second-order valence-corrected chi connectivity index (χ2v) is 33.9. The van der Waals surface area contributed by atoms with E-state index in [2.05, 4.69) is 489 Å². The van der Waals surface area contributed by atoms with Crippen LogP contribution in [0.1, 0.15) is 26.3 Å². The van der Waals surface area contributed by atoms with Gasteiger partial charge in [0.1, 0.15) is 22.3 Å². The van der Waals surface area contributed by atoms with E-state index in [0.29, 0.717) is 0 Å². The van der Waals surface area contributed by atoms with Crippen molar-refractivity contribution < 1.29 is 8.83 Å². The standard InChI is InChI=1S/C118H83BN4O2/c1-118(2,3)90-72-109-115-110(73-90)123(117-99(88-46-28-42-84(70-88)80-36-14-6-15-37-80)56-31-57-100(117)89-47-29-43-85(71-89)81-38-16-7-17-39-81)108-77-96(121(92-50-20-9-21-51-92)94-63-67-114-104(75-94)102-53-23-25-59-112(102)125-114)61-65-106(108)119(115)105-64-60-95(120(91-48-18-8-19-49-91)93-62-66-113-103(74-93)101-52-22-24-58-111(101)124-113)76-107(105)122(109)116-97(86-44-26-40-82(68-86)78-32-10-4-11-33-78)54-30-55-98(116)87-45-27-41-83(69-87)79-34-12-5-13-35-79/h4-77H,1-3H3. The molecule has 0 unspecified atom stereocenters. The summed E-state index contributed by atoms with van der Waals surface area (Å²) in [6, 6.07) is 166. The highest BCUT2D eigenvalue weighted by molar-refractivity contribution is 7.00. The van der Waals surface area contributed by atoms with Crippen molar-refractivity contribution in [3.8, 4) is 89.0 Å². The maximum Gasteiger partial charge on any atom is 0.252 e. The van der Waals surface area contributed by atoms with Gasteiger partial charge in [0.25, 0.3) is 6.71 Å². The van der Waals surface area contributed by atoms with Crippen molar-refractivity contribution >= 4 is 135 Å². The largest absolute Gasteiger partial charge is 0.456 e. The number of nitrogens with zero attached hydrogens (tertiary/aromatic N) is 4. The fourth-order valence-electron chi connectivity index (χ4n) is 19.4. The van der Waals surface area contributed by atoms with Crippen LogP contribution in [-0.2, 0) is 5.41 Å². The summed E-state index contributed by atoms with van der Waals surface area (Å²) in [7, 11) is 0. The molecule has 6 nitrogen and oxygen atoms in total. The summed E-state index contributed by atoms with van der Waals surface area (Å²) in [5, 5.41) is 4.23. The third kappa shape index (κ3) is 13.1. The van der Waals surface area contributed by atoms with Gasteiger partial charge in [-0.15, -0.1) is 0 Å². The van der Waals surface area contributed by atoms with E-state index in [1.165, 1.54) is 11.0 Å². The first kappa shape index (κ1) is 74.1. The zero-order valence-electron chi connectivity index (χ0n) is 69.4. The van der Waals surface area contributed by atoms with E-state index in [0.717, 1.165) is 212 Å². The first-order valence-corrected chi connectivity index (χ1v) is 43.1. The summed E-state index contributed by atoms with van der Waals surface area (Å²) in [5.41, 5.74) is 37.7. The molecule has 7 heteroatoms. The minimum Gasteiger partial charge on any atom is -0.456 e. The molecule has 0 bridgehead atoms. The zero-order valence-corrected chi connectivity index (χ0v) is 69.4. The lowest BCUT2D eigenvalue weighted by molar-refractivity contribution is 0.590. The molecule has 4 heterocycles. The topological polar surface area (TPSA) is 39.2 Å². The molecule has 0 amide bonds. The number of rotatable bonds is 16. The van der Waals surface area contributed by atoms with Crippen LogP contribution >= 0.6 is 0 Å². The zero-order chi connectivity index (χ0) is 83.2. The first-order chi connectivity index (χ1) is 61.6. The number of para-hydroxylation sites is 6. The molecule has 2 aliphatic rings. The van der Waals surface area contributed by atoms with E-state index in [4.69, 9.17) is 8.83 Å². The van der Waals surface area contributed by atoms with Crippen LogP contribution < -0.4 is 36.0 Å². The average molecular weight is 1600 g/mol. The van der Waals surface area contributed by atoms with Gasteiger partial charge < -0.3 is 28.4 Å². The lowest BCUT2D eigenvalue weighted by Gasteiger charge is -2.47. The van der Waals surface area contributed by atoms with Crippen molar-refractivity contribution in [2.24, 2.45) is 0 Å². The van der Waals surface area contributed by atoms with Crippen LogP contribution in [0.4, 0.5) is 68.2 Å². The fraction of sp³-hybridized carbons (Fsp3) is 0.0339. The number of fused-ring (bicyclic) bond motifs is 10. The van der Waals surface area contributed by atoms with Crippen LogP contribution in [0, 0.1) is 0 Å². The van der Waals surface area contributed by atoms with Gasteiger partial charge in [0, 0.05) is 101 Å². The van der Waals surface area contributed by atoms with Crippen molar-refractivity contribution in [1.82, 2.24) is 0 Å². The minimum atomic E-state index is -0.435. The Morgan fingerprint density at radius 3 is 0.840 bits per heavy atom. The van der Waals surface area contributed by atoms with E-state index in [1.807, 2.05) is 0 Å². The monoisotopic (exact) mass is 1600 g/mol. The quantitative estimate of drug-likeness (QED) is 0.0898. The molecule has 0 aliphatic carbocycles. The normalized spacial score (nSPS) is 12.2. The van der Waals surface area contributed by atoms with Crippen LogP contribution in [0.5, 0.6) is 0 Å². The molecule has 0 radical (unpaired) electrons. The van der Waals surface area contributed by atoms with Gasteiger partial charge in [0.15, 0.2) is 0 Å². The number of anilines is 12. The van der Waals surface area contributed by atoms with Crippen molar-refractivity contribution in [1.29, 1.82) is 0 Å². The van der Waals surface area contributed by atoms with E-state index in [9.17, 15) is 0 Å². The highest BCUT2D eigenvalue weighted by Crippen LogP contribution is 2.56. The van der Waals surface area contributed by atoms with E-state index in [1.54, 1.807) is 0 Å². The Morgan fingerprint density at radius 1 is 0.216 bits per heavy atom. The molecule has 0 spiro atoms. The molecule has 2 aromatic heterocycles. The molecule has 0 saturated heterocycles. The van der Waals surface area contributed by atoms with Gasteiger partial charge in [-0.2, -0.15) is 0 Å². The van der Waals surface area contributed by atoms with Crippen molar-refractivity contribution in [2.45, 2.75) is 26.2 Å². The van der Waals surface area contributed by atoms with E-state index >= 15 is 0 Å². The van der Waals surface area contributed by atoms with Crippen molar-refractivity contribution in [3.05, 3.63) is 454 Å². The third-order valence-corrected chi connectivity index (χ3v) is 25.3. The summed E-state index contributed by atoms with van der Waals surface area (Å²) in [6.45, 7) is 6.80. The maximum atomic E-state index is 6.62. The summed E-state index contributed by atoms with van der Waals surface area (Å²) in [6.07, 6.45) is 0. The van der Waals surface area contributed by atoms with Crippen LogP contribution in [0.3, 0.4) is 0 Å². The fourth-order valence-corrected chi connectivity index (χ4v) is 19.4. The van der Waals surface area contributed by atoms with Gasteiger partial charge in [-0.1, -0.05) is 336 Å². The average Bonchev–Trinajstić information content (AvgIpc) is 1.14. The number of furan rings is 2. The molecular weight excluding hydrogens is 1520 g/mol. The summed E-state index contributed by atoms with van der Waals surface area (Å²) < 4.78 is 13.2. The van der Waals surface area contributed by atoms with Gasteiger partial charge in [-0.3, -0.25) is 0 Å². The third-order valence-electron chi connectivity index (χ3n) is 25.3. The lowest BCUT2D eigenvalue weighted by atomic mass is 9.33. The molecule has 590 valence electrons. The lowest BCUT2D eigenvalue weighted by Crippen LogP contribution is -2.61. The van der Waals surface area contributed by atoms with Crippen molar-refractivity contribution in [3.63, 3.8) is 0 Å².